The molecular formula is C16H23N5O2S. The van der Waals surface area contributed by atoms with Crippen LogP contribution in [0.25, 0.3) is 0 Å². The molecule has 24 heavy (non-hydrogen) atoms. The second kappa shape index (κ2) is 9.07. The molecule has 0 aliphatic rings. The van der Waals surface area contributed by atoms with Crippen LogP contribution in [0.4, 0.5) is 4.79 Å². The van der Waals surface area contributed by atoms with Crippen LogP contribution >= 0.6 is 12.2 Å². The molecule has 7 nitrogen and oxygen atoms in total. The van der Waals surface area contributed by atoms with E-state index >= 15 is 0 Å². The van der Waals surface area contributed by atoms with Crippen molar-refractivity contribution in [3.63, 3.8) is 0 Å². The third-order valence-corrected chi connectivity index (χ3v) is 3.97. The van der Waals surface area contributed by atoms with Crippen molar-refractivity contribution < 1.29 is 9.53 Å². The largest absolute Gasteiger partial charge is 0.496 e. The van der Waals surface area contributed by atoms with Crippen molar-refractivity contribution in [2.75, 3.05) is 20.2 Å². The number of ether oxygens (including phenoxy) is 1. The van der Waals surface area contributed by atoms with Crippen LogP contribution in [0.3, 0.4) is 0 Å². The highest BCUT2D eigenvalue weighted by Crippen LogP contribution is 2.17. The first kappa shape index (κ1) is 18.0. The van der Waals surface area contributed by atoms with Gasteiger partial charge in [-0.15, -0.1) is 0 Å². The van der Waals surface area contributed by atoms with Crippen LogP contribution in [0.15, 0.2) is 24.3 Å². The monoisotopic (exact) mass is 349 g/mol. The number of carbonyl (C=O) groups is 1. The zero-order valence-electron chi connectivity index (χ0n) is 14.0. The third-order valence-electron chi connectivity index (χ3n) is 3.66. The van der Waals surface area contributed by atoms with Gasteiger partial charge in [-0.05, 0) is 37.2 Å². The molecule has 0 aliphatic heterocycles. The zero-order chi connectivity index (χ0) is 17.4. The first-order valence-corrected chi connectivity index (χ1v) is 8.34. The fourth-order valence-electron chi connectivity index (χ4n) is 2.44. The molecule has 0 saturated heterocycles. The lowest BCUT2D eigenvalue weighted by Gasteiger charge is -2.10. The number of hydrogen-bond acceptors (Lipinski definition) is 4. The summed E-state index contributed by atoms with van der Waals surface area (Å²) in [6, 6.07) is 7.59. The summed E-state index contributed by atoms with van der Waals surface area (Å²) >= 11 is 5.13. The number of aromatic amines is 1. The van der Waals surface area contributed by atoms with E-state index in [9.17, 15) is 4.79 Å². The summed E-state index contributed by atoms with van der Waals surface area (Å²) in [6.45, 7) is 3.81. The van der Waals surface area contributed by atoms with Gasteiger partial charge in [-0.3, -0.25) is 5.10 Å². The quantitative estimate of drug-likeness (QED) is 0.637. The number of rotatable bonds is 8. The Bertz CT molecular complexity index is 725. The summed E-state index contributed by atoms with van der Waals surface area (Å²) < 4.78 is 7.81. The molecule has 0 saturated carbocycles. The average molecular weight is 349 g/mol. The Morgan fingerprint density at radius 1 is 1.29 bits per heavy atom. The fraction of sp³-hybridized carbons (Fsp3) is 0.438. The van der Waals surface area contributed by atoms with Crippen molar-refractivity contribution in [2.24, 2.45) is 0 Å². The van der Waals surface area contributed by atoms with Crippen molar-refractivity contribution >= 4 is 18.2 Å². The number of benzene rings is 1. The van der Waals surface area contributed by atoms with Gasteiger partial charge in [-0.1, -0.05) is 18.2 Å². The number of para-hydroxylation sites is 1. The van der Waals surface area contributed by atoms with Gasteiger partial charge in [0.2, 0.25) is 0 Å². The van der Waals surface area contributed by atoms with Crippen LogP contribution in [0.5, 0.6) is 5.75 Å². The SMILES string of the molecule is CCn1c(CCNC(=O)NCCc2ccccc2OC)n[nH]c1=S. The van der Waals surface area contributed by atoms with Crippen LogP contribution in [0, 0.1) is 4.77 Å². The Morgan fingerprint density at radius 3 is 2.71 bits per heavy atom. The van der Waals surface area contributed by atoms with E-state index in [1.807, 2.05) is 35.8 Å². The minimum Gasteiger partial charge on any atom is -0.496 e. The molecule has 0 unspecified atom stereocenters. The molecule has 0 aliphatic carbocycles. The van der Waals surface area contributed by atoms with Gasteiger partial charge in [0.25, 0.3) is 0 Å². The van der Waals surface area contributed by atoms with Gasteiger partial charge in [-0.2, -0.15) is 5.10 Å². The Morgan fingerprint density at radius 2 is 2.00 bits per heavy atom. The summed E-state index contributed by atoms with van der Waals surface area (Å²) in [4.78, 5) is 11.8. The van der Waals surface area contributed by atoms with E-state index in [2.05, 4.69) is 20.8 Å². The Hall–Kier alpha value is -2.35. The van der Waals surface area contributed by atoms with E-state index in [1.54, 1.807) is 7.11 Å². The van der Waals surface area contributed by atoms with Crippen LogP contribution in [-0.2, 0) is 19.4 Å². The fourth-order valence-corrected chi connectivity index (χ4v) is 2.72. The van der Waals surface area contributed by atoms with Gasteiger partial charge >= 0.3 is 6.03 Å². The molecule has 3 N–H and O–H groups in total. The maximum atomic E-state index is 11.8. The summed E-state index contributed by atoms with van der Waals surface area (Å²) in [6.07, 6.45) is 1.34. The highest BCUT2D eigenvalue weighted by Gasteiger charge is 2.06. The van der Waals surface area contributed by atoms with E-state index in [-0.39, 0.29) is 6.03 Å². The molecule has 1 heterocycles. The third kappa shape index (κ3) is 4.82. The molecule has 1 aromatic heterocycles. The minimum atomic E-state index is -0.193. The van der Waals surface area contributed by atoms with Crippen molar-refractivity contribution in [1.29, 1.82) is 0 Å². The number of amides is 2. The van der Waals surface area contributed by atoms with Crippen LogP contribution in [0.1, 0.15) is 18.3 Å². The summed E-state index contributed by atoms with van der Waals surface area (Å²) in [7, 11) is 1.64. The lowest BCUT2D eigenvalue weighted by atomic mass is 10.1. The van der Waals surface area contributed by atoms with Gasteiger partial charge in [0.1, 0.15) is 11.6 Å². The van der Waals surface area contributed by atoms with Gasteiger partial charge in [0.15, 0.2) is 4.77 Å². The molecule has 0 radical (unpaired) electrons. The van der Waals surface area contributed by atoms with Crippen molar-refractivity contribution in [1.82, 2.24) is 25.4 Å². The van der Waals surface area contributed by atoms with E-state index in [1.165, 1.54) is 0 Å². The predicted octanol–water partition coefficient (Wildman–Crippen LogP) is 2.05. The lowest BCUT2D eigenvalue weighted by molar-refractivity contribution is 0.241. The normalized spacial score (nSPS) is 10.4. The van der Waals surface area contributed by atoms with Gasteiger partial charge in [-0.25, -0.2) is 4.79 Å². The molecular weight excluding hydrogens is 326 g/mol. The second-order valence-corrected chi connectivity index (χ2v) is 5.57. The summed E-state index contributed by atoms with van der Waals surface area (Å²) in [5.41, 5.74) is 1.07. The highest BCUT2D eigenvalue weighted by molar-refractivity contribution is 7.71. The molecule has 1 aromatic carbocycles. The number of carbonyl (C=O) groups excluding carboxylic acids is 1. The van der Waals surface area contributed by atoms with Crippen LogP contribution in [-0.4, -0.2) is 41.0 Å². The number of urea groups is 1. The van der Waals surface area contributed by atoms with E-state index in [0.717, 1.165) is 23.7 Å². The standard InChI is InChI=1S/C16H23N5O2S/c1-3-21-14(19-20-16(21)24)9-11-18-15(22)17-10-8-12-6-4-5-7-13(12)23-2/h4-7H,3,8-11H2,1-2H3,(H,20,24)(H2,17,18,22). The maximum absolute atomic E-state index is 11.8. The summed E-state index contributed by atoms with van der Waals surface area (Å²) in [5.74, 6) is 1.68. The Kier molecular flexibility index (Phi) is 6.80. The number of H-pyrrole nitrogens is 1. The number of methoxy groups -OCH3 is 1. The van der Waals surface area contributed by atoms with E-state index in [0.29, 0.717) is 30.7 Å². The highest BCUT2D eigenvalue weighted by atomic mass is 32.1. The number of nitrogens with one attached hydrogen (secondary N) is 3. The van der Waals surface area contributed by atoms with Crippen molar-refractivity contribution in [2.45, 2.75) is 26.3 Å². The molecule has 0 spiro atoms. The van der Waals surface area contributed by atoms with Gasteiger partial charge < -0.3 is 19.9 Å². The molecule has 8 heteroatoms. The first-order valence-electron chi connectivity index (χ1n) is 7.93. The topological polar surface area (TPSA) is 84.0 Å². The predicted molar refractivity (Wildman–Crippen MR) is 94.9 cm³/mol. The van der Waals surface area contributed by atoms with Crippen LogP contribution < -0.4 is 15.4 Å². The molecule has 2 rings (SSSR count). The lowest BCUT2D eigenvalue weighted by Crippen LogP contribution is -2.37. The minimum absolute atomic E-state index is 0.193. The van der Waals surface area contributed by atoms with Gasteiger partial charge in [0, 0.05) is 26.1 Å². The van der Waals surface area contributed by atoms with E-state index in [4.69, 9.17) is 17.0 Å². The first-order chi connectivity index (χ1) is 11.7. The number of aromatic nitrogens is 3. The smallest absolute Gasteiger partial charge is 0.314 e. The molecule has 0 fully saturated rings. The Labute approximate surface area is 146 Å². The molecule has 2 aromatic rings. The van der Waals surface area contributed by atoms with Crippen LogP contribution in [0.2, 0.25) is 0 Å². The van der Waals surface area contributed by atoms with Crippen molar-refractivity contribution in [3.8, 4) is 5.75 Å². The zero-order valence-corrected chi connectivity index (χ0v) is 14.8. The summed E-state index contributed by atoms with van der Waals surface area (Å²) in [5, 5.41) is 12.6. The maximum Gasteiger partial charge on any atom is 0.314 e. The molecule has 0 atom stereocenters. The number of hydrogen-bond donors (Lipinski definition) is 3. The van der Waals surface area contributed by atoms with E-state index < -0.39 is 0 Å². The average Bonchev–Trinajstić information content (AvgIpc) is 2.95. The second-order valence-electron chi connectivity index (χ2n) is 5.18. The van der Waals surface area contributed by atoms with Crippen molar-refractivity contribution in [3.05, 3.63) is 40.4 Å². The number of nitrogens with zero attached hydrogens (tertiary/aromatic N) is 2. The molecule has 2 amide bonds. The molecule has 130 valence electrons. The molecule has 0 bridgehead atoms. The van der Waals surface area contributed by atoms with Gasteiger partial charge in [0.05, 0.1) is 7.11 Å². The Balaban J connectivity index is 1.71.